The van der Waals surface area contributed by atoms with Gasteiger partial charge in [0.2, 0.25) is 5.95 Å². The average Bonchev–Trinajstić information content (AvgIpc) is 2.95. The lowest BCUT2D eigenvalue weighted by Gasteiger charge is -2.08. The molecule has 0 spiro atoms. The van der Waals surface area contributed by atoms with Gasteiger partial charge in [-0.25, -0.2) is 4.98 Å². The van der Waals surface area contributed by atoms with Crippen LogP contribution in [-0.2, 0) is 0 Å². The van der Waals surface area contributed by atoms with Crippen LogP contribution in [0.2, 0.25) is 5.02 Å². The summed E-state index contributed by atoms with van der Waals surface area (Å²) >= 11 is 5.90. The van der Waals surface area contributed by atoms with Crippen LogP contribution in [0.3, 0.4) is 0 Å². The zero-order valence-corrected chi connectivity index (χ0v) is 11.7. The molecular formula is C12H10ClN7O. The molecule has 1 aromatic carbocycles. The Bertz CT molecular complexity index is 775. The summed E-state index contributed by atoms with van der Waals surface area (Å²) < 4.78 is 6.98. The molecule has 0 amide bonds. The summed E-state index contributed by atoms with van der Waals surface area (Å²) in [6, 6.07) is 5.29. The molecule has 0 saturated heterocycles. The molecule has 2 heterocycles. The van der Waals surface area contributed by atoms with Crippen LogP contribution in [0.1, 0.15) is 5.56 Å². The molecule has 9 heteroatoms. The Hall–Kier alpha value is -2.74. The maximum Gasteiger partial charge on any atom is 0.328 e. The Morgan fingerprint density at radius 3 is 2.81 bits per heavy atom. The molecule has 0 aliphatic carbocycles. The SMILES string of the molecule is Cc1cc(Cl)ccc1Oc1nc(N)nc(-n2cncn2)n1. The van der Waals surface area contributed by atoms with Crippen LogP contribution in [0.15, 0.2) is 30.9 Å². The van der Waals surface area contributed by atoms with Gasteiger partial charge in [0, 0.05) is 5.02 Å². The number of rotatable bonds is 3. The number of nitrogen functional groups attached to an aromatic ring is 1. The molecule has 0 atom stereocenters. The molecule has 106 valence electrons. The topological polar surface area (TPSA) is 105 Å². The fourth-order valence-electron chi connectivity index (χ4n) is 1.65. The van der Waals surface area contributed by atoms with E-state index in [-0.39, 0.29) is 17.9 Å². The highest BCUT2D eigenvalue weighted by Gasteiger charge is 2.10. The van der Waals surface area contributed by atoms with E-state index in [1.165, 1.54) is 17.3 Å². The predicted octanol–water partition coefficient (Wildman–Crippen LogP) is 1.79. The third kappa shape index (κ3) is 2.90. The van der Waals surface area contributed by atoms with Crippen molar-refractivity contribution in [3.63, 3.8) is 0 Å². The van der Waals surface area contributed by atoms with Gasteiger partial charge in [-0.05, 0) is 30.7 Å². The maximum absolute atomic E-state index is 5.90. The first-order valence-corrected chi connectivity index (χ1v) is 6.30. The smallest absolute Gasteiger partial charge is 0.328 e. The van der Waals surface area contributed by atoms with E-state index in [2.05, 4.69) is 25.0 Å². The summed E-state index contributed by atoms with van der Waals surface area (Å²) in [6.45, 7) is 1.87. The minimum atomic E-state index is 0.0251. The molecule has 0 unspecified atom stereocenters. The van der Waals surface area contributed by atoms with E-state index in [1.807, 2.05) is 6.92 Å². The second kappa shape index (κ2) is 5.33. The zero-order chi connectivity index (χ0) is 14.8. The van der Waals surface area contributed by atoms with Crippen LogP contribution in [0.4, 0.5) is 5.95 Å². The van der Waals surface area contributed by atoms with E-state index in [0.29, 0.717) is 10.8 Å². The van der Waals surface area contributed by atoms with Gasteiger partial charge in [0.25, 0.3) is 5.95 Å². The van der Waals surface area contributed by atoms with E-state index >= 15 is 0 Å². The van der Waals surface area contributed by atoms with Gasteiger partial charge in [-0.2, -0.15) is 24.7 Å². The van der Waals surface area contributed by atoms with Crippen molar-refractivity contribution in [1.29, 1.82) is 0 Å². The average molecular weight is 304 g/mol. The van der Waals surface area contributed by atoms with E-state index in [1.54, 1.807) is 18.2 Å². The summed E-state index contributed by atoms with van der Waals surface area (Å²) in [5, 5.41) is 4.55. The highest BCUT2D eigenvalue weighted by molar-refractivity contribution is 6.30. The zero-order valence-electron chi connectivity index (χ0n) is 10.9. The van der Waals surface area contributed by atoms with E-state index < -0.39 is 0 Å². The molecular weight excluding hydrogens is 294 g/mol. The lowest BCUT2D eigenvalue weighted by atomic mass is 10.2. The van der Waals surface area contributed by atoms with Gasteiger partial charge < -0.3 is 10.5 Å². The Labute approximate surface area is 124 Å². The van der Waals surface area contributed by atoms with Gasteiger partial charge in [0.15, 0.2) is 0 Å². The molecule has 3 aromatic rings. The third-order valence-corrected chi connectivity index (χ3v) is 2.82. The number of nitrogens with zero attached hydrogens (tertiary/aromatic N) is 6. The third-order valence-electron chi connectivity index (χ3n) is 2.58. The summed E-state index contributed by atoms with van der Waals surface area (Å²) in [4.78, 5) is 15.9. The van der Waals surface area contributed by atoms with Gasteiger partial charge in [-0.1, -0.05) is 11.6 Å². The van der Waals surface area contributed by atoms with Crippen LogP contribution in [0.25, 0.3) is 5.95 Å². The predicted molar refractivity (Wildman–Crippen MR) is 75.4 cm³/mol. The molecule has 8 nitrogen and oxygen atoms in total. The number of anilines is 1. The Balaban J connectivity index is 1.95. The number of halogens is 1. The normalized spacial score (nSPS) is 10.6. The fourth-order valence-corrected chi connectivity index (χ4v) is 1.87. The molecule has 21 heavy (non-hydrogen) atoms. The van der Waals surface area contributed by atoms with Crippen molar-refractivity contribution in [2.75, 3.05) is 5.73 Å². The van der Waals surface area contributed by atoms with E-state index in [9.17, 15) is 0 Å². The minimum Gasteiger partial charge on any atom is -0.424 e. The molecule has 0 bridgehead atoms. The largest absolute Gasteiger partial charge is 0.424 e. The van der Waals surface area contributed by atoms with Crippen molar-refractivity contribution in [3.8, 4) is 17.7 Å². The van der Waals surface area contributed by atoms with Gasteiger partial charge in [-0.3, -0.25) is 0 Å². The summed E-state index contributed by atoms with van der Waals surface area (Å²) in [5.41, 5.74) is 6.51. The molecule has 0 saturated carbocycles. The monoisotopic (exact) mass is 303 g/mol. The second-order valence-electron chi connectivity index (χ2n) is 4.13. The molecule has 0 aliphatic heterocycles. The first kappa shape index (κ1) is 13.3. The fraction of sp³-hybridized carbons (Fsp3) is 0.0833. The Kier molecular flexibility index (Phi) is 3.36. The van der Waals surface area contributed by atoms with Crippen molar-refractivity contribution >= 4 is 17.5 Å². The number of aromatic nitrogens is 6. The first-order valence-electron chi connectivity index (χ1n) is 5.92. The van der Waals surface area contributed by atoms with Crippen LogP contribution in [0, 0.1) is 6.92 Å². The van der Waals surface area contributed by atoms with E-state index in [0.717, 1.165) is 5.56 Å². The van der Waals surface area contributed by atoms with Crippen molar-refractivity contribution in [2.24, 2.45) is 0 Å². The Morgan fingerprint density at radius 1 is 1.24 bits per heavy atom. The number of hydrogen-bond acceptors (Lipinski definition) is 7. The molecule has 0 aliphatic rings. The number of ether oxygens (including phenoxy) is 1. The lowest BCUT2D eigenvalue weighted by Crippen LogP contribution is -2.08. The van der Waals surface area contributed by atoms with Crippen molar-refractivity contribution < 1.29 is 4.74 Å². The Morgan fingerprint density at radius 2 is 2.10 bits per heavy atom. The number of hydrogen-bond donors (Lipinski definition) is 1. The van der Waals surface area contributed by atoms with Gasteiger partial charge in [-0.15, -0.1) is 0 Å². The lowest BCUT2D eigenvalue weighted by molar-refractivity contribution is 0.435. The highest BCUT2D eigenvalue weighted by atomic mass is 35.5. The van der Waals surface area contributed by atoms with Crippen LogP contribution in [0.5, 0.6) is 11.8 Å². The second-order valence-corrected chi connectivity index (χ2v) is 4.56. The van der Waals surface area contributed by atoms with Crippen LogP contribution in [-0.4, -0.2) is 29.7 Å². The van der Waals surface area contributed by atoms with Crippen LogP contribution >= 0.6 is 11.6 Å². The summed E-state index contributed by atoms with van der Waals surface area (Å²) in [6.07, 6.45) is 2.82. The first-order chi connectivity index (χ1) is 10.1. The maximum atomic E-state index is 5.90. The number of aryl methyl sites for hydroxylation is 1. The van der Waals surface area contributed by atoms with Gasteiger partial charge in [0.05, 0.1) is 0 Å². The molecule has 2 N–H and O–H groups in total. The molecule has 0 fully saturated rings. The minimum absolute atomic E-state index is 0.0251. The van der Waals surface area contributed by atoms with Gasteiger partial charge >= 0.3 is 6.01 Å². The van der Waals surface area contributed by atoms with Gasteiger partial charge in [0.1, 0.15) is 18.4 Å². The molecule has 2 aromatic heterocycles. The van der Waals surface area contributed by atoms with Crippen LogP contribution < -0.4 is 10.5 Å². The summed E-state index contributed by atoms with van der Waals surface area (Å²) in [7, 11) is 0. The standard InChI is InChI=1S/C12H10ClN7O/c1-7-4-8(13)2-3-9(7)21-12-18-10(14)17-11(19-12)20-6-15-5-16-20/h2-6H,1H3,(H2,14,17,18,19). The van der Waals surface area contributed by atoms with Crippen molar-refractivity contribution in [1.82, 2.24) is 29.7 Å². The van der Waals surface area contributed by atoms with Crippen molar-refractivity contribution in [3.05, 3.63) is 41.4 Å². The van der Waals surface area contributed by atoms with Crippen molar-refractivity contribution in [2.45, 2.75) is 6.92 Å². The molecule has 0 radical (unpaired) electrons. The highest BCUT2D eigenvalue weighted by Crippen LogP contribution is 2.25. The number of nitrogens with two attached hydrogens (primary N) is 1. The molecule has 3 rings (SSSR count). The summed E-state index contributed by atoms with van der Waals surface area (Å²) in [5.74, 6) is 0.827. The quantitative estimate of drug-likeness (QED) is 0.786. The van der Waals surface area contributed by atoms with E-state index in [4.69, 9.17) is 22.1 Å². The number of benzene rings is 1.